The summed E-state index contributed by atoms with van der Waals surface area (Å²) in [7, 11) is 1.35. The number of esters is 1. The van der Waals surface area contributed by atoms with Gasteiger partial charge in [-0.15, -0.1) is 0 Å². The number of nitrogens with one attached hydrogen (secondary N) is 5. The predicted molar refractivity (Wildman–Crippen MR) is 184 cm³/mol. The number of aryl methyl sites for hydroxylation is 1. The smallest absolute Gasteiger partial charge is 0.305 e. The largest absolute Gasteiger partial charge is 0.507 e. The lowest BCUT2D eigenvalue weighted by Gasteiger charge is -2.23. The number of hydrogen-bond acceptors (Lipinski definition) is 9. The number of rotatable bonds is 20. The normalized spacial score (nSPS) is 12.6. The third-order valence-corrected chi connectivity index (χ3v) is 8.23. The maximum Gasteiger partial charge on any atom is 0.305 e. The minimum Gasteiger partial charge on any atom is -0.507 e. The van der Waals surface area contributed by atoms with E-state index in [-0.39, 0.29) is 30.6 Å². The van der Waals surface area contributed by atoms with E-state index in [2.05, 4.69) is 31.3 Å². The van der Waals surface area contributed by atoms with Crippen molar-refractivity contribution in [3.8, 4) is 5.75 Å². The molecule has 3 atom stereocenters. The van der Waals surface area contributed by atoms with Crippen molar-refractivity contribution in [2.24, 2.45) is 0 Å². The summed E-state index contributed by atoms with van der Waals surface area (Å²) in [5, 5.41) is 24.3. The molecule has 47 heavy (non-hydrogen) atoms. The molecule has 0 aliphatic carbocycles. The topological polar surface area (TPSA) is 175 Å². The van der Waals surface area contributed by atoms with E-state index in [0.29, 0.717) is 49.2 Å². The van der Waals surface area contributed by atoms with E-state index in [1.807, 2.05) is 36.6 Å². The fraction of sp³-hybridized carbons (Fsp3) is 0.500. The van der Waals surface area contributed by atoms with Crippen molar-refractivity contribution < 1.29 is 33.8 Å². The van der Waals surface area contributed by atoms with Crippen LogP contribution in [0, 0.1) is 13.8 Å². The van der Waals surface area contributed by atoms with Crippen LogP contribution in [0.15, 0.2) is 42.5 Å². The second-order valence-corrected chi connectivity index (χ2v) is 12.3. The first kappa shape index (κ1) is 38.9. The number of unbranched alkanes of at least 4 members (excludes halogenated alkanes) is 2. The maximum absolute atomic E-state index is 13.1. The van der Waals surface area contributed by atoms with Crippen molar-refractivity contribution in [2.45, 2.75) is 77.4 Å². The molecular formula is C34H49N5O7S. The molecule has 6 N–H and O–H groups in total. The summed E-state index contributed by atoms with van der Waals surface area (Å²) in [5.74, 6) is -1.37. The number of ether oxygens (including phenoxy) is 1. The monoisotopic (exact) mass is 671 g/mol. The number of carbonyl (C=O) groups excluding carboxylic acids is 5. The van der Waals surface area contributed by atoms with Crippen molar-refractivity contribution in [1.29, 1.82) is 0 Å². The Morgan fingerprint density at radius 3 is 2.26 bits per heavy atom. The van der Waals surface area contributed by atoms with Gasteiger partial charge in [-0.3, -0.25) is 24.0 Å². The van der Waals surface area contributed by atoms with Gasteiger partial charge in [0.15, 0.2) is 0 Å². The lowest BCUT2D eigenvalue weighted by Crippen LogP contribution is -2.54. The van der Waals surface area contributed by atoms with Crippen LogP contribution in [0.3, 0.4) is 0 Å². The predicted octanol–water partition coefficient (Wildman–Crippen LogP) is 2.74. The van der Waals surface area contributed by atoms with Crippen molar-refractivity contribution in [3.63, 3.8) is 0 Å². The molecule has 0 aromatic heterocycles. The van der Waals surface area contributed by atoms with Gasteiger partial charge in [0.25, 0.3) is 0 Å². The lowest BCUT2D eigenvalue weighted by atomic mass is 10.0. The number of benzene rings is 2. The van der Waals surface area contributed by atoms with Gasteiger partial charge in [-0.1, -0.05) is 42.8 Å². The Kier molecular flexibility index (Phi) is 17.2. The number of carbonyl (C=O) groups is 5. The fourth-order valence-corrected chi connectivity index (χ4v) is 5.17. The third kappa shape index (κ3) is 14.0. The van der Waals surface area contributed by atoms with E-state index in [1.54, 1.807) is 32.9 Å². The summed E-state index contributed by atoms with van der Waals surface area (Å²) in [6.45, 7) is 5.19. The van der Waals surface area contributed by atoms with Crippen LogP contribution in [0.5, 0.6) is 5.75 Å². The summed E-state index contributed by atoms with van der Waals surface area (Å²) < 4.78 is 4.64. The van der Waals surface area contributed by atoms with Crippen LogP contribution < -0.4 is 26.6 Å². The molecular weight excluding hydrogens is 622 g/mol. The summed E-state index contributed by atoms with van der Waals surface area (Å²) in [4.78, 5) is 63.4. The highest BCUT2D eigenvalue weighted by atomic mass is 32.2. The molecule has 0 radical (unpaired) electrons. The van der Waals surface area contributed by atoms with Crippen LogP contribution in [0.1, 0.15) is 55.7 Å². The molecule has 0 fully saturated rings. The number of anilines is 1. The van der Waals surface area contributed by atoms with E-state index in [0.717, 1.165) is 17.5 Å². The zero-order chi connectivity index (χ0) is 34.8. The van der Waals surface area contributed by atoms with E-state index in [1.165, 1.54) is 18.9 Å². The van der Waals surface area contributed by atoms with Crippen molar-refractivity contribution in [3.05, 3.63) is 59.2 Å². The van der Waals surface area contributed by atoms with Crippen LogP contribution in [0.25, 0.3) is 0 Å². The highest BCUT2D eigenvalue weighted by Gasteiger charge is 2.26. The minimum absolute atomic E-state index is 0.147. The molecule has 0 saturated carbocycles. The Morgan fingerprint density at radius 1 is 0.872 bits per heavy atom. The lowest BCUT2D eigenvalue weighted by molar-refractivity contribution is -0.140. The number of aromatic hydroxyl groups is 1. The Hall–Kier alpha value is -4.26. The first-order chi connectivity index (χ1) is 22.5. The van der Waals surface area contributed by atoms with Gasteiger partial charge in [-0.25, -0.2) is 0 Å². The zero-order valence-electron chi connectivity index (χ0n) is 27.9. The number of methoxy groups -OCH3 is 1. The van der Waals surface area contributed by atoms with Gasteiger partial charge >= 0.3 is 5.97 Å². The molecule has 2 aromatic carbocycles. The molecule has 1 unspecified atom stereocenters. The van der Waals surface area contributed by atoms with Crippen molar-refractivity contribution in [2.75, 3.05) is 37.5 Å². The van der Waals surface area contributed by atoms with Crippen LogP contribution in [0.4, 0.5) is 5.69 Å². The first-order valence-corrected chi connectivity index (χ1v) is 17.2. The highest BCUT2D eigenvalue weighted by molar-refractivity contribution is 7.98. The van der Waals surface area contributed by atoms with E-state index < -0.39 is 35.8 Å². The quantitative estimate of drug-likeness (QED) is 0.0914. The van der Waals surface area contributed by atoms with Crippen LogP contribution in [0.2, 0.25) is 0 Å². The minimum atomic E-state index is -0.887. The molecule has 4 amide bonds. The number of hydrogen-bond donors (Lipinski definition) is 6. The zero-order valence-corrected chi connectivity index (χ0v) is 28.8. The Bertz CT molecular complexity index is 1340. The standard InChI is InChI=1S/C34H49N5O7S/c1-22-15-16-26(23(2)31(22)42)37-24(3)32(43)39-27(17-19-47-5)33(44)36-21-29(40)38-28(20-25-12-8-6-9-13-25)34(45)35-18-11-7-10-14-30(41)46-4/h6,8-9,12-13,15-16,24,27-28,37,42H,7,10-11,14,17-21H2,1-5H3,(H,35,45)(H,36,44)(H,38,40)(H,39,43)/t24?,27-,28+/m1/s1. The van der Waals surface area contributed by atoms with Crippen molar-refractivity contribution in [1.82, 2.24) is 21.3 Å². The maximum atomic E-state index is 13.1. The molecule has 0 aliphatic heterocycles. The summed E-state index contributed by atoms with van der Waals surface area (Å²) in [6.07, 6.45) is 4.85. The molecule has 0 bridgehead atoms. The van der Waals surface area contributed by atoms with Gasteiger partial charge < -0.3 is 36.4 Å². The molecule has 0 spiro atoms. The number of amides is 4. The third-order valence-electron chi connectivity index (χ3n) is 7.58. The summed E-state index contributed by atoms with van der Waals surface area (Å²) >= 11 is 1.52. The average Bonchev–Trinajstić information content (AvgIpc) is 3.06. The van der Waals surface area contributed by atoms with E-state index in [4.69, 9.17) is 0 Å². The Balaban J connectivity index is 1.96. The Morgan fingerprint density at radius 2 is 1.57 bits per heavy atom. The first-order valence-electron chi connectivity index (χ1n) is 15.8. The van der Waals surface area contributed by atoms with Crippen LogP contribution in [-0.4, -0.2) is 85.0 Å². The molecule has 0 aliphatic rings. The van der Waals surface area contributed by atoms with Crippen LogP contribution >= 0.6 is 11.8 Å². The van der Waals surface area contributed by atoms with Gasteiger partial charge in [0, 0.05) is 30.6 Å². The van der Waals surface area contributed by atoms with E-state index in [9.17, 15) is 29.1 Å². The van der Waals surface area contributed by atoms with E-state index >= 15 is 0 Å². The van der Waals surface area contributed by atoms with Crippen LogP contribution in [-0.2, 0) is 35.1 Å². The van der Waals surface area contributed by atoms with Gasteiger partial charge in [-0.05, 0) is 69.2 Å². The molecule has 12 nitrogen and oxygen atoms in total. The van der Waals surface area contributed by atoms with Gasteiger partial charge in [0.1, 0.15) is 23.9 Å². The molecule has 2 rings (SSSR count). The molecule has 0 heterocycles. The van der Waals surface area contributed by atoms with Gasteiger partial charge in [0.05, 0.1) is 13.7 Å². The molecule has 2 aromatic rings. The van der Waals surface area contributed by atoms with Gasteiger partial charge in [-0.2, -0.15) is 11.8 Å². The number of phenolic OH excluding ortho intramolecular Hbond substituents is 1. The van der Waals surface area contributed by atoms with Gasteiger partial charge in [0.2, 0.25) is 23.6 Å². The highest BCUT2D eigenvalue weighted by Crippen LogP contribution is 2.28. The average molecular weight is 672 g/mol. The molecule has 13 heteroatoms. The number of phenols is 1. The second-order valence-electron chi connectivity index (χ2n) is 11.3. The summed E-state index contributed by atoms with van der Waals surface area (Å²) in [6, 6.07) is 10.3. The number of thioether (sulfide) groups is 1. The SMILES string of the molecule is COC(=O)CCCCCNC(=O)[C@H](Cc1ccccc1)NC(=O)CNC(=O)[C@@H](CCSC)NC(=O)C(C)Nc1ccc(C)c(O)c1C. The second kappa shape index (κ2) is 20.8. The molecule has 258 valence electrons. The Labute approximate surface area is 281 Å². The van der Waals surface area contributed by atoms with Crippen molar-refractivity contribution >= 4 is 47.0 Å². The fourth-order valence-electron chi connectivity index (χ4n) is 4.69. The molecule has 0 saturated heterocycles. The summed E-state index contributed by atoms with van der Waals surface area (Å²) in [5.41, 5.74) is 2.79.